The Hall–Kier alpha value is -1.32. The maximum absolute atomic E-state index is 11.7. The highest BCUT2D eigenvalue weighted by Crippen LogP contribution is 2.21. The van der Waals surface area contributed by atoms with E-state index >= 15 is 0 Å². The molecule has 0 aliphatic carbocycles. The van der Waals surface area contributed by atoms with Gasteiger partial charge in [0.25, 0.3) is 0 Å². The van der Waals surface area contributed by atoms with E-state index in [0.717, 1.165) is 19.3 Å². The minimum Gasteiger partial charge on any atom is -0.469 e. The van der Waals surface area contributed by atoms with Crippen LogP contribution in [0.5, 0.6) is 0 Å². The van der Waals surface area contributed by atoms with E-state index < -0.39 is 12.0 Å². The van der Waals surface area contributed by atoms with Gasteiger partial charge in [-0.05, 0) is 19.3 Å². The quantitative estimate of drug-likeness (QED) is 0.361. The van der Waals surface area contributed by atoms with Gasteiger partial charge in [-0.2, -0.15) is 0 Å². The Kier molecular flexibility index (Phi) is 8.97. The van der Waals surface area contributed by atoms with Gasteiger partial charge >= 0.3 is 11.9 Å². The molecule has 0 bridgehead atoms. The lowest BCUT2D eigenvalue weighted by Crippen LogP contribution is -2.32. The molecule has 2 atom stereocenters. The molecule has 0 aromatic heterocycles. The molecule has 0 spiro atoms. The van der Waals surface area contributed by atoms with Crippen LogP contribution in [0.1, 0.15) is 46.0 Å². The Bertz CT molecular complexity index is 273. The summed E-state index contributed by atoms with van der Waals surface area (Å²) in [6, 6.07) is 0. The number of hydrogen-bond donors (Lipinski definition) is 0. The molecule has 0 saturated carbocycles. The van der Waals surface area contributed by atoms with E-state index in [9.17, 15) is 9.59 Å². The highest BCUT2D eigenvalue weighted by atomic mass is 16.6. The van der Waals surface area contributed by atoms with E-state index in [4.69, 9.17) is 9.47 Å². The minimum atomic E-state index is -0.451. The molecule has 0 aliphatic rings. The van der Waals surface area contributed by atoms with Crippen molar-refractivity contribution in [2.45, 2.75) is 52.1 Å². The van der Waals surface area contributed by atoms with E-state index in [1.807, 2.05) is 0 Å². The van der Waals surface area contributed by atoms with Crippen molar-refractivity contribution in [2.75, 3.05) is 7.11 Å². The van der Waals surface area contributed by atoms with Crippen LogP contribution >= 0.6 is 0 Å². The van der Waals surface area contributed by atoms with Crippen LogP contribution in [0.4, 0.5) is 0 Å². The average Bonchev–Trinajstić information content (AvgIpc) is 2.33. The fourth-order valence-corrected chi connectivity index (χ4v) is 1.88. The van der Waals surface area contributed by atoms with Crippen LogP contribution in [0.15, 0.2) is 12.7 Å². The standard InChI is InChI=1S/C14H24O4/c1-5-7-8-10-13(18-11(3)15)12(9-6-2)14(16)17-4/h6,12-13H,2,5,7-10H2,1,3-4H3/t12-,13-/m1/s1. The van der Waals surface area contributed by atoms with E-state index in [1.165, 1.54) is 14.0 Å². The number of ether oxygens (including phenoxy) is 2. The van der Waals surface area contributed by atoms with E-state index in [1.54, 1.807) is 6.08 Å². The lowest BCUT2D eigenvalue weighted by molar-refractivity contribution is -0.159. The molecular formula is C14H24O4. The van der Waals surface area contributed by atoms with Crippen molar-refractivity contribution in [3.8, 4) is 0 Å². The zero-order valence-corrected chi connectivity index (χ0v) is 11.6. The van der Waals surface area contributed by atoms with Gasteiger partial charge < -0.3 is 9.47 Å². The largest absolute Gasteiger partial charge is 0.469 e. The Morgan fingerprint density at radius 2 is 2.00 bits per heavy atom. The van der Waals surface area contributed by atoms with Gasteiger partial charge in [0.2, 0.25) is 0 Å². The molecule has 0 rings (SSSR count). The SMILES string of the molecule is C=CC[C@@H](C(=O)OC)[C@@H](CCCCC)OC(C)=O. The van der Waals surface area contributed by atoms with Gasteiger partial charge in [0.15, 0.2) is 0 Å². The molecule has 0 aliphatic heterocycles. The predicted molar refractivity (Wildman–Crippen MR) is 70.0 cm³/mol. The smallest absolute Gasteiger partial charge is 0.312 e. The summed E-state index contributed by atoms with van der Waals surface area (Å²) in [6.45, 7) is 7.08. The second-order valence-corrected chi connectivity index (χ2v) is 4.30. The molecule has 0 aromatic carbocycles. The fraction of sp³-hybridized carbons (Fsp3) is 0.714. The lowest BCUT2D eigenvalue weighted by atomic mass is 9.94. The first-order chi connectivity index (χ1) is 8.56. The highest BCUT2D eigenvalue weighted by molar-refractivity contribution is 5.74. The number of esters is 2. The van der Waals surface area contributed by atoms with Crippen LogP contribution < -0.4 is 0 Å². The summed E-state index contributed by atoms with van der Waals surface area (Å²) in [5.41, 5.74) is 0. The first kappa shape index (κ1) is 16.7. The van der Waals surface area contributed by atoms with Crippen LogP contribution in [0, 0.1) is 5.92 Å². The minimum absolute atomic E-state index is 0.349. The number of hydrogen-bond acceptors (Lipinski definition) is 4. The first-order valence-corrected chi connectivity index (χ1v) is 6.42. The van der Waals surface area contributed by atoms with Crippen molar-refractivity contribution in [1.29, 1.82) is 0 Å². The van der Waals surface area contributed by atoms with Gasteiger partial charge in [-0.15, -0.1) is 6.58 Å². The van der Waals surface area contributed by atoms with Crippen LogP contribution in [0.2, 0.25) is 0 Å². The molecule has 104 valence electrons. The maximum Gasteiger partial charge on any atom is 0.312 e. The van der Waals surface area contributed by atoms with Crippen LogP contribution in [-0.2, 0) is 19.1 Å². The average molecular weight is 256 g/mol. The van der Waals surface area contributed by atoms with Crippen LogP contribution in [0.25, 0.3) is 0 Å². The monoisotopic (exact) mass is 256 g/mol. The first-order valence-electron chi connectivity index (χ1n) is 6.42. The third-order valence-electron chi connectivity index (χ3n) is 2.78. The van der Waals surface area contributed by atoms with E-state index in [2.05, 4.69) is 13.5 Å². The topological polar surface area (TPSA) is 52.6 Å². The van der Waals surface area contributed by atoms with Gasteiger partial charge in [-0.3, -0.25) is 9.59 Å². The lowest BCUT2D eigenvalue weighted by Gasteiger charge is -2.24. The summed E-state index contributed by atoms with van der Waals surface area (Å²) in [6.07, 6.45) is 5.44. The predicted octanol–water partition coefficient (Wildman–Crippen LogP) is 2.86. The molecule has 18 heavy (non-hydrogen) atoms. The Balaban J connectivity index is 4.67. The molecule has 4 heteroatoms. The number of rotatable bonds is 9. The molecule has 0 amide bonds. The van der Waals surface area contributed by atoms with E-state index in [0.29, 0.717) is 12.8 Å². The van der Waals surface area contributed by atoms with Crippen molar-refractivity contribution < 1.29 is 19.1 Å². The zero-order chi connectivity index (χ0) is 14.0. The molecule has 0 N–H and O–H groups in total. The Morgan fingerprint density at radius 3 is 2.44 bits per heavy atom. The second-order valence-electron chi connectivity index (χ2n) is 4.30. The molecule has 0 heterocycles. The molecular weight excluding hydrogens is 232 g/mol. The second kappa shape index (κ2) is 9.68. The number of allylic oxidation sites excluding steroid dienone is 1. The van der Waals surface area contributed by atoms with Crippen LogP contribution in [0.3, 0.4) is 0 Å². The van der Waals surface area contributed by atoms with E-state index in [-0.39, 0.29) is 11.9 Å². The Labute approximate surface area is 109 Å². The van der Waals surface area contributed by atoms with Gasteiger partial charge in [-0.1, -0.05) is 25.8 Å². The van der Waals surface area contributed by atoms with Gasteiger partial charge in [0, 0.05) is 6.92 Å². The molecule has 0 unspecified atom stereocenters. The number of carbonyl (C=O) groups is 2. The van der Waals surface area contributed by atoms with Crippen LogP contribution in [-0.4, -0.2) is 25.2 Å². The third kappa shape index (κ3) is 6.42. The molecule has 0 saturated heterocycles. The summed E-state index contributed by atoms with van der Waals surface area (Å²) in [4.78, 5) is 22.8. The molecule has 0 radical (unpaired) electrons. The highest BCUT2D eigenvalue weighted by Gasteiger charge is 2.30. The van der Waals surface area contributed by atoms with Crippen molar-refractivity contribution >= 4 is 11.9 Å². The summed E-state index contributed by atoms with van der Waals surface area (Å²) in [5.74, 6) is -1.17. The van der Waals surface area contributed by atoms with Crippen molar-refractivity contribution in [2.24, 2.45) is 5.92 Å². The normalized spacial score (nSPS) is 13.5. The summed E-state index contributed by atoms with van der Waals surface area (Å²) < 4.78 is 10.0. The van der Waals surface area contributed by atoms with Crippen molar-refractivity contribution in [3.63, 3.8) is 0 Å². The van der Waals surface area contributed by atoms with Crippen molar-refractivity contribution in [1.82, 2.24) is 0 Å². The summed E-state index contributed by atoms with van der Waals surface area (Å²) >= 11 is 0. The Morgan fingerprint density at radius 1 is 1.33 bits per heavy atom. The molecule has 0 aromatic rings. The van der Waals surface area contributed by atoms with Crippen molar-refractivity contribution in [3.05, 3.63) is 12.7 Å². The van der Waals surface area contributed by atoms with Gasteiger partial charge in [0.05, 0.1) is 13.0 Å². The fourth-order valence-electron chi connectivity index (χ4n) is 1.88. The third-order valence-corrected chi connectivity index (χ3v) is 2.78. The number of carbonyl (C=O) groups excluding carboxylic acids is 2. The zero-order valence-electron chi connectivity index (χ0n) is 11.6. The number of methoxy groups -OCH3 is 1. The van der Waals surface area contributed by atoms with Gasteiger partial charge in [-0.25, -0.2) is 0 Å². The maximum atomic E-state index is 11.7. The van der Waals surface area contributed by atoms with Gasteiger partial charge in [0.1, 0.15) is 6.10 Å². The molecule has 4 nitrogen and oxygen atoms in total. The summed E-state index contributed by atoms with van der Waals surface area (Å²) in [5, 5.41) is 0. The summed E-state index contributed by atoms with van der Waals surface area (Å²) in [7, 11) is 1.34. The molecule has 0 fully saturated rings. The number of unbranched alkanes of at least 4 members (excludes halogenated alkanes) is 2.